The number of nitrogens with zero attached hydrogens (tertiary/aromatic N) is 1. The summed E-state index contributed by atoms with van der Waals surface area (Å²) in [5.74, 6) is -0.0302. The van der Waals surface area contributed by atoms with Crippen molar-refractivity contribution >= 4 is 11.6 Å². The van der Waals surface area contributed by atoms with E-state index in [4.69, 9.17) is 0 Å². The van der Waals surface area contributed by atoms with E-state index in [2.05, 4.69) is 10.6 Å². The average molecular weight is 251 g/mol. The standard InChI is InChI=1S/C12H17N3O3/c1-9-3-4-10(7-11(9)15(17)18)8-14-6-5-12(16)13-2/h3-4,7,14H,5-6,8H2,1-2H3,(H,13,16). The molecule has 0 aliphatic rings. The van der Waals surface area contributed by atoms with Crippen LogP contribution in [0.3, 0.4) is 0 Å². The summed E-state index contributed by atoms with van der Waals surface area (Å²) in [5, 5.41) is 16.4. The Kier molecular flexibility index (Phi) is 5.26. The Hall–Kier alpha value is -1.95. The normalized spacial score (nSPS) is 10.1. The van der Waals surface area contributed by atoms with E-state index < -0.39 is 0 Å². The number of carbonyl (C=O) groups is 1. The van der Waals surface area contributed by atoms with Gasteiger partial charge in [-0.25, -0.2) is 0 Å². The van der Waals surface area contributed by atoms with Gasteiger partial charge >= 0.3 is 0 Å². The van der Waals surface area contributed by atoms with Gasteiger partial charge in [-0.3, -0.25) is 14.9 Å². The molecular weight excluding hydrogens is 234 g/mol. The van der Waals surface area contributed by atoms with Crippen molar-refractivity contribution in [2.45, 2.75) is 19.9 Å². The van der Waals surface area contributed by atoms with Gasteiger partial charge in [0.05, 0.1) is 4.92 Å². The predicted molar refractivity (Wildman–Crippen MR) is 68.2 cm³/mol. The number of aryl methyl sites for hydroxylation is 1. The molecule has 1 aromatic carbocycles. The number of benzene rings is 1. The Morgan fingerprint density at radius 1 is 1.44 bits per heavy atom. The number of nitro groups is 1. The number of carbonyl (C=O) groups excluding carboxylic acids is 1. The van der Waals surface area contributed by atoms with Crippen LogP contribution in [0.2, 0.25) is 0 Å². The summed E-state index contributed by atoms with van der Waals surface area (Å²) in [7, 11) is 1.59. The molecule has 0 atom stereocenters. The summed E-state index contributed by atoms with van der Waals surface area (Å²) in [6, 6.07) is 5.13. The van der Waals surface area contributed by atoms with Crippen molar-refractivity contribution in [1.82, 2.24) is 10.6 Å². The third kappa shape index (κ3) is 4.14. The van der Waals surface area contributed by atoms with Crippen LogP contribution in [-0.4, -0.2) is 24.4 Å². The van der Waals surface area contributed by atoms with Crippen molar-refractivity contribution in [3.63, 3.8) is 0 Å². The molecule has 0 aromatic heterocycles. The van der Waals surface area contributed by atoms with Gasteiger partial charge in [0.1, 0.15) is 0 Å². The second-order valence-corrected chi connectivity index (χ2v) is 3.98. The fourth-order valence-corrected chi connectivity index (χ4v) is 1.52. The van der Waals surface area contributed by atoms with Crippen molar-refractivity contribution in [3.05, 3.63) is 39.4 Å². The zero-order chi connectivity index (χ0) is 13.5. The molecule has 0 saturated carbocycles. The van der Waals surface area contributed by atoms with Gasteiger partial charge in [0.15, 0.2) is 0 Å². The van der Waals surface area contributed by atoms with Crippen LogP contribution in [0.4, 0.5) is 5.69 Å². The molecule has 0 bridgehead atoms. The lowest BCUT2D eigenvalue weighted by Gasteiger charge is -2.05. The van der Waals surface area contributed by atoms with Gasteiger partial charge < -0.3 is 10.6 Å². The first-order chi connectivity index (χ1) is 8.54. The fraction of sp³-hybridized carbons (Fsp3) is 0.417. The van der Waals surface area contributed by atoms with Gasteiger partial charge in [0.25, 0.3) is 5.69 Å². The molecule has 0 fully saturated rings. The fourth-order valence-electron chi connectivity index (χ4n) is 1.52. The lowest BCUT2D eigenvalue weighted by molar-refractivity contribution is -0.385. The predicted octanol–water partition coefficient (Wildman–Crippen LogP) is 1.13. The molecule has 0 heterocycles. The van der Waals surface area contributed by atoms with E-state index in [1.54, 1.807) is 26.1 Å². The summed E-state index contributed by atoms with van der Waals surface area (Å²) in [5.41, 5.74) is 1.61. The van der Waals surface area contributed by atoms with Crippen LogP contribution < -0.4 is 10.6 Å². The maximum Gasteiger partial charge on any atom is 0.272 e. The summed E-state index contributed by atoms with van der Waals surface area (Å²) in [6.07, 6.45) is 0.393. The van der Waals surface area contributed by atoms with E-state index in [0.29, 0.717) is 25.1 Å². The van der Waals surface area contributed by atoms with E-state index >= 15 is 0 Å². The summed E-state index contributed by atoms with van der Waals surface area (Å²) in [6.45, 7) is 2.76. The Labute approximate surface area is 106 Å². The number of hydrogen-bond acceptors (Lipinski definition) is 4. The lowest BCUT2D eigenvalue weighted by atomic mass is 10.1. The number of amides is 1. The van der Waals surface area contributed by atoms with Gasteiger partial charge in [-0.05, 0) is 12.5 Å². The number of nitrogens with one attached hydrogen (secondary N) is 2. The van der Waals surface area contributed by atoms with Crippen LogP contribution in [0.25, 0.3) is 0 Å². The molecule has 1 rings (SSSR count). The van der Waals surface area contributed by atoms with Gasteiger partial charge in [-0.15, -0.1) is 0 Å². The van der Waals surface area contributed by atoms with Gasteiger partial charge in [0.2, 0.25) is 5.91 Å². The van der Waals surface area contributed by atoms with E-state index in [-0.39, 0.29) is 16.5 Å². The Morgan fingerprint density at radius 3 is 2.78 bits per heavy atom. The van der Waals surface area contributed by atoms with Crippen molar-refractivity contribution in [3.8, 4) is 0 Å². The number of nitro benzene ring substituents is 1. The smallest absolute Gasteiger partial charge is 0.272 e. The third-order valence-corrected chi connectivity index (χ3v) is 2.61. The van der Waals surface area contributed by atoms with Crippen LogP contribution in [0.1, 0.15) is 17.5 Å². The van der Waals surface area contributed by atoms with Crippen LogP contribution in [0, 0.1) is 17.0 Å². The van der Waals surface area contributed by atoms with Crippen molar-refractivity contribution in [2.75, 3.05) is 13.6 Å². The summed E-state index contributed by atoms with van der Waals surface area (Å²) in [4.78, 5) is 21.3. The Balaban J connectivity index is 2.50. The summed E-state index contributed by atoms with van der Waals surface area (Å²) >= 11 is 0. The maximum atomic E-state index is 11.0. The van der Waals surface area contributed by atoms with E-state index in [1.807, 2.05) is 6.07 Å². The minimum atomic E-state index is -0.386. The molecule has 18 heavy (non-hydrogen) atoms. The first-order valence-electron chi connectivity index (χ1n) is 5.70. The van der Waals surface area contributed by atoms with Crippen molar-refractivity contribution < 1.29 is 9.72 Å². The molecule has 98 valence electrons. The molecule has 0 spiro atoms. The Morgan fingerprint density at radius 2 is 2.17 bits per heavy atom. The topological polar surface area (TPSA) is 84.3 Å². The van der Waals surface area contributed by atoms with E-state index in [9.17, 15) is 14.9 Å². The highest BCUT2D eigenvalue weighted by molar-refractivity contribution is 5.75. The third-order valence-electron chi connectivity index (χ3n) is 2.61. The van der Waals surface area contributed by atoms with Crippen LogP contribution in [0.15, 0.2) is 18.2 Å². The van der Waals surface area contributed by atoms with Crippen LogP contribution >= 0.6 is 0 Å². The van der Waals surface area contributed by atoms with Gasteiger partial charge in [-0.1, -0.05) is 12.1 Å². The zero-order valence-electron chi connectivity index (χ0n) is 10.5. The van der Waals surface area contributed by atoms with Crippen LogP contribution in [-0.2, 0) is 11.3 Å². The highest BCUT2D eigenvalue weighted by atomic mass is 16.6. The molecule has 0 radical (unpaired) electrons. The zero-order valence-corrected chi connectivity index (χ0v) is 10.5. The maximum absolute atomic E-state index is 11.0. The summed E-state index contributed by atoms with van der Waals surface area (Å²) < 4.78 is 0. The van der Waals surface area contributed by atoms with Crippen molar-refractivity contribution in [1.29, 1.82) is 0 Å². The van der Waals surface area contributed by atoms with Crippen LogP contribution in [0.5, 0.6) is 0 Å². The molecule has 0 aliphatic heterocycles. The highest BCUT2D eigenvalue weighted by Gasteiger charge is 2.10. The van der Waals surface area contributed by atoms with Gasteiger partial charge in [0, 0.05) is 38.2 Å². The minimum absolute atomic E-state index is 0.0302. The van der Waals surface area contributed by atoms with Gasteiger partial charge in [-0.2, -0.15) is 0 Å². The second kappa shape index (κ2) is 6.70. The van der Waals surface area contributed by atoms with Crippen molar-refractivity contribution in [2.24, 2.45) is 0 Å². The average Bonchev–Trinajstić information content (AvgIpc) is 2.35. The first-order valence-corrected chi connectivity index (χ1v) is 5.70. The number of hydrogen-bond donors (Lipinski definition) is 2. The largest absolute Gasteiger partial charge is 0.359 e. The molecule has 0 aliphatic carbocycles. The molecular formula is C12H17N3O3. The highest BCUT2D eigenvalue weighted by Crippen LogP contribution is 2.18. The lowest BCUT2D eigenvalue weighted by Crippen LogP contribution is -2.24. The first kappa shape index (κ1) is 14.1. The quantitative estimate of drug-likeness (QED) is 0.451. The number of rotatable bonds is 6. The monoisotopic (exact) mass is 251 g/mol. The molecule has 1 amide bonds. The molecule has 0 saturated heterocycles. The molecule has 1 aromatic rings. The van der Waals surface area contributed by atoms with E-state index in [0.717, 1.165) is 5.56 Å². The Bertz CT molecular complexity index is 446. The minimum Gasteiger partial charge on any atom is -0.359 e. The SMILES string of the molecule is CNC(=O)CCNCc1ccc(C)c([N+](=O)[O-])c1. The van der Waals surface area contributed by atoms with E-state index in [1.165, 1.54) is 0 Å². The second-order valence-electron chi connectivity index (χ2n) is 3.98. The molecule has 6 heteroatoms. The molecule has 2 N–H and O–H groups in total. The molecule has 0 unspecified atom stereocenters. The molecule has 6 nitrogen and oxygen atoms in total.